The van der Waals surface area contributed by atoms with Crippen molar-refractivity contribution in [3.63, 3.8) is 0 Å². The lowest BCUT2D eigenvalue weighted by Crippen LogP contribution is -2.51. The monoisotopic (exact) mass is 512 g/mol. The summed E-state index contributed by atoms with van der Waals surface area (Å²) in [6.45, 7) is 9.07. The highest BCUT2D eigenvalue weighted by molar-refractivity contribution is 5.93. The van der Waals surface area contributed by atoms with Crippen LogP contribution in [0.5, 0.6) is 0 Å². The highest BCUT2D eigenvalue weighted by Crippen LogP contribution is 2.43. The molecule has 0 saturated carbocycles. The number of carbonyl (C=O) groups is 1. The van der Waals surface area contributed by atoms with Gasteiger partial charge in [-0.1, -0.05) is 18.2 Å². The Morgan fingerprint density at radius 2 is 1.74 bits per heavy atom. The number of aromatic nitrogens is 2. The van der Waals surface area contributed by atoms with Crippen LogP contribution in [0.15, 0.2) is 54.7 Å². The number of anilines is 5. The molecule has 1 aromatic heterocycles. The van der Waals surface area contributed by atoms with Crippen LogP contribution in [0.25, 0.3) is 0 Å². The Morgan fingerprint density at radius 3 is 2.50 bits per heavy atom. The van der Waals surface area contributed by atoms with Crippen LogP contribution in [0.1, 0.15) is 37.4 Å². The fourth-order valence-electron chi connectivity index (χ4n) is 5.78. The summed E-state index contributed by atoms with van der Waals surface area (Å²) in [6.07, 6.45) is 2.67. The third kappa shape index (κ3) is 4.62. The van der Waals surface area contributed by atoms with Gasteiger partial charge in [-0.15, -0.1) is 0 Å². The zero-order valence-corrected chi connectivity index (χ0v) is 22.6. The number of nitrogens with zero attached hydrogens (tertiary/aromatic N) is 6. The van der Waals surface area contributed by atoms with Crippen molar-refractivity contribution in [2.45, 2.75) is 38.4 Å². The van der Waals surface area contributed by atoms with Gasteiger partial charge in [0.15, 0.2) is 0 Å². The van der Waals surface area contributed by atoms with Crippen molar-refractivity contribution >= 4 is 34.9 Å². The van der Waals surface area contributed by atoms with Gasteiger partial charge in [0.2, 0.25) is 5.95 Å². The Bertz CT molecular complexity index is 1330. The third-order valence-corrected chi connectivity index (χ3v) is 7.90. The standard InChI is InChI=1S/C29H36N8O/c1-29(2)17-25(23-7-5-6-8-24(23)33-29)37-19-20-18-30-27(32-26(20)35(4)28(37)38)31-21-9-11-22(12-10-21)36-15-13-34(3)14-16-36/h5-12,18,25,33H,13-17,19H2,1-4H3,(H,30,31,32). The van der Waals surface area contributed by atoms with Crippen LogP contribution < -0.4 is 20.4 Å². The minimum absolute atomic E-state index is 0.0258. The number of benzene rings is 2. The lowest BCUT2D eigenvalue weighted by molar-refractivity contribution is 0.159. The highest BCUT2D eigenvalue weighted by atomic mass is 16.2. The van der Waals surface area contributed by atoms with Crippen molar-refractivity contribution in [1.29, 1.82) is 0 Å². The van der Waals surface area contributed by atoms with E-state index in [9.17, 15) is 4.79 Å². The normalized spacial score (nSPS) is 21.0. The molecule has 0 radical (unpaired) electrons. The average molecular weight is 513 g/mol. The maximum atomic E-state index is 13.6. The van der Waals surface area contributed by atoms with Gasteiger partial charge in [0.05, 0.1) is 12.6 Å². The number of urea groups is 1. The predicted molar refractivity (Wildman–Crippen MR) is 152 cm³/mol. The molecule has 0 aliphatic carbocycles. The molecule has 1 atom stereocenters. The van der Waals surface area contributed by atoms with E-state index in [1.165, 1.54) is 5.69 Å². The molecule has 1 unspecified atom stereocenters. The van der Waals surface area contributed by atoms with E-state index >= 15 is 0 Å². The molecule has 3 aliphatic rings. The number of amides is 2. The van der Waals surface area contributed by atoms with Crippen molar-refractivity contribution in [2.24, 2.45) is 0 Å². The number of hydrogen-bond acceptors (Lipinski definition) is 7. The van der Waals surface area contributed by atoms with Gasteiger partial charge in [-0.25, -0.2) is 9.78 Å². The van der Waals surface area contributed by atoms with Crippen molar-refractivity contribution in [3.05, 3.63) is 65.9 Å². The molecule has 2 aromatic carbocycles. The first-order valence-electron chi connectivity index (χ1n) is 13.4. The van der Waals surface area contributed by atoms with Gasteiger partial charge in [-0.05, 0) is 63.2 Å². The summed E-state index contributed by atoms with van der Waals surface area (Å²) in [4.78, 5) is 31.3. The SMILES string of the molecule is CN1CCN(c2ccc(Nc3ncc4c(n3)N(C)C(=O)N(C3CC(C)(C)Nc5ccccc53)C4)cc2)CC1. The van der Waals surface area contributed by atoms with E-state index in [1.54, 1.807) is 11.9 Å². The molecule has 6 rings (SSSR count). The van der Waals surface area contributed by atoms with Gasteiger partial charge in [-0.3, -0.25) is 4.90 Å². The molecule has 1 saturated heterocycles. The molecule has 2 N–H and O–H groups in total. The summed E-state index contributed by atoms with van der Waals surface area (Å²) in [6, 6.07) is 16.6. The molecule has 3 aliphatic heterocycles. The Labute approximate surface area is 224 Å². The molecule has 9 nitrogen and oxygen atoms in total. The smallest absolute Gasteiger partial charge is 0.326 e. The quantitative estimate of drug-likeness (QED) is 0.526. The number of piperazine rings is 1. The van der Waals surface area contributed by atoms with Crippen molar-refractivity contribution in [1.82, 2.24) is 19.8 Å². The Morgan fingerprint density at radius 1 is 1.00 bits per heavy atom. The summed E-state index contributed by atoms with van der Waals surface area (Å²) in [7, 11) is 3.96. The summed E-state index contributed by atoms with van der Waals surface area (Å²) in [5.41, 5.74) is 5.20. The molecule has 38 heavy (non-hydrogen) atoms. The van der Waals surface area contributed by atoms with E-state index in [4.69, 9.17) is 4.98 Å². The zero-order valence-electron chi connectivity index (χ0n) is 22.6. The van der Waals surface area contributed by atoms with E-state index in [-0.39, 0.29) is 17.6 Å². The molecule has 9 heteroatoms. The van der Waals surface area contributed by atoms with Crippen LogP contribution in [0.2, 0.25) is 0 Å². The minimum atomic E-state index is -0.123. The molecular weight excluding hydrogens is 476 g/mol. The zero-order chi connectivity index (χ0) is 26.4. The van der Waals surface area contributed by atoms with Gasteiger partial charge in [0, 0.05) is 67.6 Å². The molecule has 4 heterocycles. The minimum Gasteiger partial charge on any atom is -0.380 e. The van der Waals surface area contributed by atoms with E-state index in [2.05, 4.69) is 82.7 Å². The summed E-state index contributed by atoms with van der Waals surface area (Å²) >= 11 is 0. The highest BCUT2D eigenvalue weighted by Gasteiger charge is 2.40. The Hall–Kier alpha value is -3.85. The number of likely N-dealkylation sites (N-methyl/N-ethyl adjacent to an activating group) is 1. The van der Waals surface area contributed by atoms with Crippen molar-refractivity contribution < 1.29 is 4.79 Å². The number of hydrogen-bond donors (Lipinski definition) is 2. The van der Waals surface area contributed by atoms with Gasteiger partial charge >= 0.3 is 6.03 Å². The van der Waals surface area contributed by atoms with Crippen LogP contribution in [0.4, 0.5) is 33.6 Å². The number of nitrogens with one attached hydrogen (secondary N) is 2. The molecule has 2 amide bonds. The van der Waals surface area contributed by atoms with Crippen molar-refractivity contribution in [3.8, 4) is 0 Å². The van der Waals surface area contributed by atoms with Crippen molar-refractivity contribution in [2.75, 3.05) is 60.7 Å². The summed E-state index contributed by atoms with van der Waals surface area (Å²) in [5, 5.41) is 6.93. The van der Waals surface area contributed by atoms with Crippen LogP contribution >= 0.6 is 0 Å². The third-order valence-electron chi connectivity index (χ3n) is 7.90. The van der Waals surface area contributed by atoms with E-state index in [0.29, 0.717) is 18.3 Å². The number of fused-ring (bicyclic) bond motifs is 2. The summed E-state index contributed by atoms with van der Waals surface area (Å²) in [5.74, 6) is 1.14. The first kappa shape index (κ1) is 24.5. The fourth-order valence-corrected chi connectivity index (χ4v) is 5.78. The van der Waals surface area contributed by atoms with E-state index < -0.39 is 0 Å². The largest absolute Gasteiger partial charge is 0.380 e. The van der Waals surface area contributed by atoms with Gasteiger partial charge in [0.1, 0.15) is 5.82 Å². The first-order valence-corrected chi connectivity index (χ1v) is 13.4. The molecule has 0 spiro atoms. The lowest BCUT2D eigenvalue weighted by atomic mass is 9.84. The summed E-state index contributed by atoms with van der Waals surface area (Å²) < 4.78 is 0. The second kappa shape index (κ2) is 9.47. The van der Waals surface area contributed by atoms with Crippen LogP contribution in [-0.4, -0.2) is 71.6 Å². The number of para-hydroxylation sites is 1. The topological polar surface area (TPSA) is 79.9 Å². The fraction of sp³-hybridized carbons (Fsp3) is 0.414. The van der Waals surface area contributed by atoms with E-state index in [1.807, 2.05) is 23.2 Å². The molecule has 0 bridgehead atoms. The second-order valence-corrected chi connectivity index (χ2v) is 11.3. The predicted octanol–water partition coefficient (Wildman–Crippen LogP) is 4.68. The number of rotatable bonds is 4. The Kier molecular flexibility index (Phi) is 6.10. The van der Waals surface area contributed by atoms with E-state index in [0.717, 1.165) is 55.1 Å². The van der Waals surface area contributed by atoms with Gasteiger partial charge in [0.25, 0.3) is 0 Å². The maximum absolute atomic E-state index is 13.6. The lowest BCUT2D eigenvalue weighted by Gasteiger charge is -2.46. The maximum Gasteiger partial charge on any atom is 0.326 e. The second-order valence-electron chi connectivity index (χ2n) is 11.3. The number of carbonyl (C=O) groups excluding carboxylic acids is 1. The van der Waals surface area contributed by atoms with Gasteiger partial charge < -0.3 is 25.3 Å². The van der Waals surface area contributed by atoms with Crippen LogP contribution in [-0.2, 0) is 6.54 Å². The Balaban J connectivity index is 1.20. The first-order chi connectivity index (χ1) is 18.3. The average Bonchev–Trinajstić information content (AvgIpc) is 2.91. The molecule has 3 aromatic rings. The van der Waals surface area contributed by atoms with Gasteiger partial charge in [-0.2, -0.15) is 4.98 Å². The van der Waals surface area contributed by atoms with Crippen LogP contribution in [0, 0.1) is 0 Å². The molecular formula is C29H36N8O. The molecule has 198 valence electrons. The van der Waals surface area contributed by atoms with Crippen LogP contribution in [0.3, 0.4) is 0 Å². The molecule has 1 fully saturated rings.